The average molecular weight is 361 g/mol. The number of methoxy groups -OCH3 is 1. The van der Waals surface area contributed by atoms with Crippen molar-refractivity contribution >= 4 is 16.0 Å². The summed E-state index contributed by atoms with van der Waals surface area (Å²) >= 11 is 0. The molecule has 0 spiro atoms. The lowest BCUT2D eigenvalue weighted by Crippen LogP contribution is -2.43. The molecule has 6 nitrogen and oxygen atoms in total. The zero-order valence-electron chi connectivity index (χ0n) is 13.8. The molecule has 2 aromatic rings. The number of carbonyl (C=O) groups excluding carboxylic acids is 1. The van der Waals surface area contributed by atoms with Crippen molar-refractivity contribution in [3.63, 3.8) is 0 Å². The molecular formula is C18H19NO5S. The van der Waals surface area contributed by atoms with Crippen molar-refractivity contribution in [2.45, 2.75) is 23.8 Å². The average Bonchev–Trinajstić information content (AvgIpc) is 3.09. The Morgan fingerprint density at radius 1 is 1.24 bits per heavy atom. The molecule has 0 amide bonds. The van der Waals surface area contributed by atoms with E-state index in [-0.39, 0.29) is 11.3 Å². The van der Waals surface area contributed by atoms with E-state index < -0.39 is 22.0 Å². The van der Waals surface area contributed by atoms with Gasteiger partial charge in [-0.25, -0.2) is 8.42 Å². The number of ether oxygens (including phenoxy) is 2. The molecule has 0 unspecified atom stereocenters. The van der Waals surface area contributed by atoms with Gasteiger partial charge in [-0.1, -0.05) is 30.3 Å². The van der Waals surface area contributed by atoms with E-state index in [1.54, 1.807) is 12.1 Å². The second-order valence-corrected chi connectivity index (χ2v) is 7.47. The zero-order chi connectivity index (χ0) is 17.9. The number of hydrogen-bond donors (Lipinski definition) is 1. The van der Waals surface area contributed by atoms with Gasteiger partial charge < -0.3 is 9.47 Å². The first-order valence-corrected chi connectivity index (χ1v) is 9.38. The smallest absolute Gasteiger partial charge is 0.324 e. The summed E-state index contributed by atoms with van der Waals surface area (Å²) in [4.78, 5) is 12.2. The molecule has 3 rings (SSSR count). The molecule has 0 saturated carbocycles. The first-order valence-electron chi connectivity index (χ1n) is 7.89. The molecule has 1 aliphatic heterocycles. The summed E-state index contributed by atoms with van der Waals surface area (Å²) in [5, 5.41) is 0. The largest absolute Gasteiger partial charge is 0.493 e. The van der Waals surface area contributed by atoms with Gasteiger partial charge in [0.25, 0.3) is 0 Å². The third kappa shape index (κ3) is 4.00. The maximum Gasteiger partial charge on any atom is 0.324 e. The summed E-state index contributed by atoms with van der Waals surface area (Å²) in [6, 6.07) is 12.9. The molecule has 2 aromatic carbocycles. The van der Waals surface area contributed by atoms with E-state index in [0.717, 1.165) is 11.1 Å². The molecule has 1 atom stereocenters. The van der Waals surface area contributed by atoms with E-state index in [2.05, 4.69) is 4.72 Å². The molecule has 0 radical (unpaired) electrons. The molecular weight excluding hydrogens is 342 g/mol. The van der Waals surface area contributed by atoms with Crippen LogP contribution in [-0.4, -0.2) is 34.1 Å². The predicted molar refractivity (Wildman–Crippen MR) is 91.9 cm³/mol. The normalized spacial score (nSPS) is 14.4. The fourth-order valence-corrected chi connectivity index (χ4v) is 3.99. The number of carbonyl (C=O) groups is 1. The fourth-order valence-electron chi connectivity index (χ4n) is 2.75. The summed E-state index contributed by atoms with van der Waals surface area (Å²) < 4.78 is 38.0. The number of fused-ring (bicyclic) bond motifs is 1. The van der Waals surface area contributed by atoms with Crippen LogP contribution in [0.15, 0.2) is 53.4 Å². The van der Waals surface area contributed by atoms with Crippen LogP contribution in [0.4, 0.5) is 0 Å². The quantitative estimate of drug-likeness (QED) is 0.792. The van der Waals surface area contributed by atoms with Crippen LogP contribution >= 0.6 is 0 Å². The lowest BCUT2D eigenvalue weighted by molar-refractivity contribution is -0.142. The van der Waals surface area contributed by atoms with E-state index in [9.17, 15) is 13.2 Å². The van der Waals surface area contributed by atoms with E-state index in [1.165, 1.54) is 13.2 Å². The second kappa shape index (κ2) is 7.25. The molecule has 1 N–H and O–H groups in total. The molecule has 0 bridgehead atoms. The van der Waals surface area contributed by atoms with Gasteiger partial charge in [0.15, 0.2) is 0 Å². The Kier molecular flexibility index (Phi) is 5.06. The maximum absolute atomic E-state index is 12.7. The van der Waals surface area contributed by atoms with Crippen LogP contribution in [-0.2, 0) is 32.4 Å². The summed E-state index contributed by atoms with van der Waals surface area (Å²) in [5.41, 5.74) is 1.68. The minimum Gasteiger partial charge on any atom is -0.493 e. The standard InChI is InChI=1S/C18H19NO5S/c1-23-18(20)16(11-13-5-3-2-4-6-13)19-25(21,22)15-7-8-17-14(12-15)9-10-24-17/h2-8,12,16,19H,9-11H2,1H3/t16-/m0/s1. The molecule has 1 aliphatic rings. The maximum atomic E-state index is 12.7. The number of hydrogen-bond acceptors (Lipinski definition) is 5. The number of nitrogens with one attached hydrogen (secondary N) is 1. The third-order valence-corrected chi connectivity index (χ3v) is 5.51. The van der Waals surface area contributed by atoms with Gasteiger partial charge >= 0.3 is 5.97 Å². The SMILES string of the molecule is COC(=O)[C@H](Cc1ccccc1)NS(=O)(=O)c1ccc2c(c1)CCO2. The Labute approximate surface area is 146 Å². The number of rotatable bonds is 6. The molecule has 132 valence electrons. The topological polar surface area (TPSA) is 81.7 Å². The van der Waals surface area contributed by atoms with Gasteiger partial charge in [0.1, 0.15) is 11.8 Å². The highest BCUT2D eigenvalue weighted by Crippen LogP contribution is 2.27. The highest BCUT2D eigenvalue weighted by atomic mass is 32.2. The van der Waals surface area contributed by atoms with Crippen LogP contribution in [0.5, 0.6) is 5.75 Å². The lowest BCUT2D eigenvalue weighted by atomic mass is 10.1. The molecule has 0 aromatic heterocycles. The molecule has 0 fully saturated rings. The Balaban J connectivity index is 1.83. The van der Waals surface area contributed by atoms with Crippen molar-refractivity contribution in [3.05, 3.63) is 59.7 Å². The highest BCUT2D eigenvalue weighted by molar-refractivity contribution is 7.89. The van der Waals surface area contributed by atoms with Gasteiger partial charge in [0, 0.05) is 6.42 Å². The van der Waals surface area contributed by atoms with Gasteiger partial charge in [0.05, 0.1) is 18.6 Å². The minimum absolute atomic E-state index is 0.110. The number of sulfonamides is 1. The van der Waals surface area contributed by atoms with Gasteiger partial charge in [0.2, 0.25) is 10.0 Å². The van der Waals surface area contributed by atoms with Crippen molar-refractivity contribution in [1.82, 2.24) is 4.72 Å². The molecule has 25 heavy (non-hydrogen) atoms. The fraction of sp³-hybridized carbons (Fsp3) is 0.278. The Hall–Kier alpha value is -2.38. The Morgan fingerprint density at radius 2 is 2.00 bits per heavy atom. The van der Waals surface area contributed by atoms with Crippen molar-refractivity contribution < 1.29 is 22.7 Å². The van der Waals surface area contributed by atoms with Crippen molar-refractivity contribution in [2.75, 3.05) is 13.7 Å². The molecule has 0 aliphatic carbocycles. The Bertz CT molecular complexity index is 864. The Morgan fingerprint density at radius 3 is 2.72 bits per heavy atom. The van der Waals surface area contributed by atoms with Gasteiger partial charge in [-0.05, 0) is 35.7 Å². The summed E-state index contributed by atoms with van der Waals surface area (Å²) in [6.07, 6.45) is 0.879. The van der Waals surface area contributed by atoms with Crippen molar-refractivity contribution in [1.29, 1.82) is 0 Å². The van der Waals surface area contributed by atoms with E-state index >= 15 is 0 Å². The van der Waals surface area contributed by atoms with Crippen molar-refractivity contribution in [2.24, 2.45) is 0 Å². The van der Waals surface area contributed by atoms with E-state index in [0.29, 0.717) is 18.8 Å². The van der Waals surface area contributed by atoms with Crippen molar-refractivity contribution in [3.8, 4) is 5.75 Å². The van der Waals surface area contributed by atoms with Gasteiger partial charge in [-0.15, -0.1) is 0 Å². The second-order valence-electron chi connectivity index (χ2n) is 5.75. The van der Waals surface area contributed by atoms with Crippen LogP contribution in [0.2, 0.25) is 0 Å². The number of benzene rings is 2. The first kappa shape index (κ1) is 17.4. The van der Waals surface area contributed by atoms with Crippen LogP contribution in [0.1, 0.15) is 11.1 Å². The molecule has 0 saturated heterocycles. The van der Waals surface area contributed by atoms with E-state index in [1.807, 2.05) is 30.3 Å². The predicted octanol–water partition coefficient (Wildman–Crippen LogP) is 1.68. The summed E-state index contributed by atoms with van der Waals surface area (Å²) in [7, 11) is -2.63. The lowest BCUT2D eigenvalue weighted by Gasteiger charge is -2.17. The minimum atomic E-state index is -3.86. The van der Waals surface area contributed by atoms with Gasteiger partial charge in [-0.2, -0.15) is 4.72 Å². The molecule has 7 heteroatoms. The third-order valence-electron chi connectivity index (χ3n) is 4.04. The van der Waals surface area contributed by atoms with Crippen LogP contribution < -0.4 is 9.46 Å². The monoisotopic (exact) mass is 361 g/mol. The molecule has 1 heterocycles. The van der Waals surface area contributed by atoms with Crippen LogP contribution in [0, 0.1) is 0 Å². The number of esters is 1. The van der Waals surface area contributed by atoms with E-state index in [4.69, 9.17) is 9.47 Å². The summed E-state index contributed by atoms with van der Waals surface area (Å²) in [6.45, 7) is 0.547. The summed E-state index contributed by atoms with van der Waals surface area (Å²) in [5.74, 6) is 0.0738. The van der Waals surface area contributed by atoms with Crippen LogP contribution in [0.3, 0.4) is 0 Å². The van der Waals surface area contributed by atoms with Gasteiger partial charge in [-0.3, -0.25) is 4.79 Å². The zero-order valence-corrected chi connectivity index (χ0v) is 14.6. The first-order chi connectivity index (χ1) is 12.0. The van der Waals surface area contributed by atoms with Crippen LogP contribution in [0.25, 0.3) is 0 Å². The highest BCUT2D eigenvalue weighted by Gasteiger charge is 2.27.